The van der Waals surface area contributed by atoms with E-state index in [4.69, 9.17) is 0 Å². The Hall–Kier alpha value is -0.650. The fourth-order valence-corrected chi connectivity index (χ4v) is 2.44. The van der Waals surface area contributed by atoms with Crippen molar-refractivity contribution in [3.05, 3.63) is 0 Å². The fraction of sp³-hybridized carbons (Fsp3) is 0.929. The van der Waals surface area contributed by atoms with Gasteiger partial charge in [0.05, 0.1) is 0 Å². The first-order valence-electron chi connectivity index (χ1n) is 7.57. The molecular weight excluding hydrogens is 240 g/mol. The molecule has 0 bridgehead atoms. The van der Waals surface area contributed by atoms with E-state index in [0.29, 0.717) is 6.42 Å². The smallest absolute Gasteiger partial charge is 0.221 e. The van der Waals surface area contributed by atoms with Crippen molar-refractivity contribution in [2.45, 2.75) is 20.3 Å². The fourth-order valence-electron chi connectivity index (χ4n) is 2.44. The molecule has 5 heteroatoms. The molecule has 1 saturated heterocycles. The lowest BCUT2D eigenvalue weighted by Gasteiger charge is -2.35. The van der Waals surface area contributed by atoms with Crippen LogP contribution >= 0.6 is 0 Å². The van der Waals surface area contributed by atoms with Crippen LogP contribution in [0.5, 0.6) is 0 Å². The number of hydrogen-bond donors (Lipinski definition) is 1. The van der Waals surface area contributed by atoms with Gasteiger partial charge >= 0.3 is 0 Å². The maximum atomic E-state index is 11.2. The first-order valence-corrected chi connectivity index (χ1v) is 7.57. The number of carbonyl (C=O) groups is 1. The Morgan fingerprint density at radius 1 is 1.05 bits per heavy atom. The Bertz CT molecular complexity index is 248. The average molecular weight is 270 g/mol. The molecule has 5 nitrogen and oxygen atoms in total. The summed E-state index contributed by atoms with van der Waals surface area (Å²) in [6.45, 7) is 14.4. The van der Waals surface area contributed by atoms with Crippen LogP contribution in [0.4, 0.5) is 0 Å². The summed E-state index contributed by atoms with van der Waals surface area (Å²) in [4.78, 5) is 18.6. The lowest BCUT2D eigenvalue weighted by molar-refractivity contribution is -0.121. The molecule has 1 N–H and O–H groups in total. The first-order chi connectivity index (χ1) is 9.19. The van der Waals surface area contributed by atoms with Crippen molar-refractivity contribution in [2.24, 2.45) is 0 Å². The zero-order valence-corrected chi connectivity index (χ0v) is 12.8. The third kappa shape index (κ3) is 6.36. The number of carbonyl (C=O) groups excluding carboxylic acids is 1. The predicted octanol–water partition coefficient (Wildman–Crippen LogP) is 0.0819. The van der Waals surface area contributed by atoms with E-state index in [0.717, 1.165) is 45.8 Å². The summed E-state index contributed by atoms with van der Waals surface area (Å²) in [6, 6.07) is 0. The molecule has 0 saturated carbocycles. The molecule has 1 rings (SSSR count). The lowest BCUT2D eigenvalue weighted by atomic mass is 10.2. The SMILES string of the molecule is CCN(CC)CCN1CCN(CCC(=O)NC)CC1. The van der Waals surface area contributed by atoms with E-state index in [1.165, 1.54) is 13.1 Å². The van der Waals surface area contributed by atoms with Crippen LogP contribution in [0.3, 0.4) is 0 Å². The number of nitrogens with one attached hydrogen (secondary N) is 1. The molecule has 112 valence electrons. The van der Waals surface area contributed by atoms with Gasteiger partial charge in [-0.1, -0.05) is 13.8 Å². The highest BCUT2D eigenvalue weighted by Crippen LogP contribution is 2.03. The molecule has 1 fully saturated rings. The van der Waals surface area contributed by atoms with Crippen LogP contribution in [0, 0.1) is 0 Å². The normalized spacial score (nSPS) is 17.9. The largest absolute Gasteiger partial charge is 0.359 e. The van der Waals surface area contributed by atoms with Crippen molar-refractivity contribution < 1.29 is 4.79 Å². The van der Waals surface area contributed by atoms with Crippen LogP contribution in [0.2, 0.25) is 0 Å². The van der Waals surface area contributed by atoms with E-state index in [1.54, 1.807) is 7.05 Å². The molecule has 0 aromatic rings. The molecule has 1 aliphatic heterocycles. The molecule has 0 aromatic heterocycles. The minimum absolute atomic E-state index is 0.143. The van der Waals surface area contributed by atoms with Crippen LogP contribution in [0.1, 0.15) is 20.3 Å². The van der Waals surface area contributed by atoms with Gasteiger partial charge in [-0.15, -0.1) is 0 Å². The Morgan fingerprint density at radius 3 is 2.05 bits per heavy atom. The highest BCUT2D eigenvalue weighted by atomic mass is 16.1. The summed E-state index contributed by atoms with van der Waals surface area (Å²) in [6.07, 6.45) is 0.621. The van der Waals surface area contributed by atoms with E-state index in [-0.39, 0.29) is 5.91 Å². The van der Waals surface area contributed by atoms with Gasteiger partial charge in [0.25, 0.3) is 0 Å². The molecule has 19 heavy (non-hydrogen) atoms. The maximum absolute atomic E-state index is 11.2. The topological polar surface area (TPSA) is 38.8 Å². The molecule has 0 atom stereocenters. The molecule has 1 amide bonds. The van der Waals surface area contributed by atoms with Gasteiger partial charge < -0.3 is 15.1 Å². The average Bonchev–Trinajstić information content (AvgIpc) is 2.47. The Balaban J connectivity index is 2.13. The van der Waals surface area contributed by atoms with Crippen LogP contribution in [0.25, 0.3) is 0 Å². The monoisotopic (exact) mass is 270 g/mol. The van der Waals surface area contributed by atoms with Crippen molar-refractivity contribution >= 4 is 5.91 Å². The lowest BCUT2D eigenvalue weighted by Crippen LogP contribution is -2.49. The minimum atomic E-state index is 0.143. The predicted molar refractivity (Wildman–Crippen MR) is 79.4 cm³/mol. The van der Waals surface area contributed by atoms with Crippen LogP contribution in [0.15, 0.2) is 0 Å². The highest BCUT2D eigenvalue weighted by molar-refractivity contribution is 5.75. The van der Waals surface area contributed by atoms with E-state index in [9.17, 15) is 4.79 Å². The van der Waals surface area contributed by atoms with Gasteiger partial charge in [-0.2, -0.15) is 0 Å². The summed E-state index contributed by atoms with van der Waals surface area (Å²) in [5.74, 6) is 0.143. The van der Waals surface area contributed by atoms with E-state index < -0.39 is 0 Å². The summed E-state index contributed by atoms with van der Waals surface area (Å²) < 4.78 is 0. The Labute approximate surface area is 117 Å². The number of amides is 1. The number of piperazine rings is 1. The second-order valence-corrected chi connectivity index (χ2v) is 5.13. The summed E-state index contributed by atoms with van der Waals surface area (Å²) in [5.41, 5.74) is 0. The Kier molecular flexibility index (Phi) is 8.02. The number of likely N-dealkylation sites (N-methyl/N-ethyl adjacent to an activating group) is 1. The molecule has 0 aromatic carbocycles. The standard InChI is InChI=1S/C14H30N4O/c1-4-16(5-2)8-9-18-12-10-17(11-13-18)7-6-14(19)15-3/h4-13H2,1-3H3,(H,15,19). The minimum Gasteiger partial charge on any atom is -0.359 e. The second-order valence-electron chi connectivity index (χ2n) is 5.13. The van der Waals surface area contributed by atoms with Gasteiger partial charge in [-0.05, 0) is 13.1 Å². The zero-order chi connectivity index (χ0) is 14.1. The molecule has 1 aliphatic rings. The molecule has 0 aliphatic carbocycles. The number of rotatable bonds is 8. The van der Waals surface area contributed by atoms with E-state index in [2.05, 4.69) is 33.9 Å². The summed E-state index contributed by atoms with van der Waals surface area (Å²) in [7, 11) is 1.70. The number of nitrogens with zero attached hydrogens (tertiary/aromatic N) is 3. The summed E-state index contributed by atoms with van der Waals surface area (Å²) >= 11 is 0. The zero-order valence-electron chi connectivity index (χ0n) is 12.8. The van der Waals surface area contributed by atoms with Crippen LogP contribution in [-0.4, -0.2) is 86.6 Å². The maximum Gasteiger partial charge on any atom is 0.221 e. The molecular formula is C14H30N4O. The van der Waals surface area contributed by atoms with Crippen molar-refractivity contribution in [3.8, 4) is 0 Å². The Morgan fingerprint density at radius 2 is 1.58 bits per heavy atom. The van der Waals surface area contributed by atoms with Gasteiger partial charge in [0.2, 0.25) is 5.91 Å². The first kappa shape index (κ1) is 16.4. The van der Waals surface area contributed by atoms with E-state index >= 15 is 0 Å². The van der Waals surface area contributed by atoms with Crippen molar-refractivity contribution in [2.75, 3.05) is 66.0 Å². The third-order valence-corrected chi connectivity index (χ3v) is 4.03. The van der Waals surface area contributed by atoms with Gasteiger partial charge in [0.15, 0.2) is 0 Å². The van der Waals surface area contributed by atoms with Gasteiger partial charge in [-0.3, -0.25) is 9.69 Å². The van der Waals surface area contributed by atoms with Gasteiger partial charge in [0, 0.05) is 59.3 Å². The van der Waals surface area contributed by atoms with Crippen LogP contribution < -0.4 is 5.32 Å². The van der Waals surface area contributed by atoms with Crippen molar-refractivity contribution in [1.29, 1.82) is 0 Å². The van der Waals surface area contributed by atoms with Crippen molar-refractivity contribution in [1.82, 2.24) is 20.0 Å². The van der Waals surface area contributed by atoms with Crippen molar-refractivity contribution in [3.63, 3.8) is 0 Å². The molecule has 1 heterocycles. The van der Waals surface area contributed by atoms with E-state index in [1.807, 2.05) is 0 Å². The quantitative estimate of drug-likeness (QED) is 0.678. The van der Waals surface area contributed by atoms with Gasteiger partial charge in [0.1, 0.15) is 0 Å². The third-order valence-electron chi connectivity index (χ3n) is 4.03. The number of hydrogen-bond acceptors (Lipinski definition) is 4. The second kappa shape index (κ2) is 9.28. The van der Waals surface area contributed by atoms with Crippen LogP contribution in [-0.2, 0) is 4.79 Å². The molecule has 0 radical (unpaired) electrons. The summed E-state index contributed by atoms with van der Waals surface area (Å²) in [5, 5.41) is 2.68. The molecule has 0 unspecified atom stereocenters. The van der Waals surface area contributed by atoms with Gasteiger partial charge in [-0.25, -0.2) is 0 Å². The molecule has 0 spiro atoms. The highest BCUT2D eigenvalue weighted by Gasteiger charge is 2.17.